The highest BCUT2D eigenvalue weighted by Crippen LogP contribution is 2.37. The SMILES string of the molecule is O=[N+]([O-])c1ccc(N2CCN(c3ccc(C(F)(F)F)cc3[N+](=O)[O-])CC2)cc1NCCO. The van der Waals surface area contributed by atoms with Crippen LogP contribution in [0.3, 0.4) is 0 Å². The van der Waals surface area contributed by atoms with Gasteiger partial charge in [0.05, 0.1) is 22.0 Å². The van der Waals surface area contributed by atoms with Gasteiger partial charge in [-0.05, 0) is 24.3 Å². The van der Waals surface area contributed by atoms with Crippen LogP contribution in [0.2, 0.25) is 0 Å². The van der Waals surface area contributed by atoms with Crippen molar-refractivity contribution >= 4 is 28.4 Å². The number of halogens is 3. The Morgan fingerprint density at radius 1 is 0.938 bits per heavy atom. The van der Waals surface area contributed by atoms with E-state index >= 15 is 0 Å². The van der Waals surface area contributed by atoms with Crippen LogP contribution in [-0.2, 0) is 6.18 Å². The number of nitrogens with zero attached hydrogens (tertiary/aromatic N) is 4. The Bertz CT molecular complexity index is 1010. The molecule has 2 aromatic carbocycles. The number of hydrogen-bond donors (Lipinski definition) is 2. The van der Waals surface area contributed by atoms with Gasteiger partial charge in [-0.15, -0.1) is 0 Å². The van der Waals surface area contributed by atoms with E-state index in [-0.39, 0.29) is 30.2 Å². The molecule has 3 rings (SSSR count). The maximum absolute atomic E-state index is 12.9. The standard InChI is InChI=1S/C19H20F3N5O5/c20-19(21,22)13-1-3-17(18(11-13)27(31)32)25-8-6-24(7-9-25)14-2-4-16(26(29)30)15(12-14)23-5-10-28/h1-4,11-12,23,28H,5-10H2. The van der Waals surface area contributed by atoms with Gasteiger partial charge in [0.1, 0.15) is 11.4 Å². The van der Waals surface area contributed by atoms with Gasteiger partial charge in [0.2, 0.25) is 0 Å². The van der Waals surface area contributed by atoms with Gasteiger partial charge >= 0.3 is 6.18 Å². The van der Waals surface area contributed by atoms with Crippen molar-refractivity contribution in [2.24, 2.45) is 0 Å². The fourth-order valence-corrected chi connectivity index (χ4v) is 3.53. The van der Waals surface area contributed by atoms with E-state index in [4.69, 9.17) is 5.11 Å². The van der Waals surface area contributed by atoms with Crippen LogP contribution in [0.5, 0.6) is 0 Å². The first-order chi connectivity index (χ1) is 15.1. The molecule has 2 N–H and O–H groups in total. The quantitative estimate of drug-likeness (QED) is 0.482. The van der Waals surface area contributed by atoms with Crippen LogP contribution < -0.4 is 15.1 Å². The highest BCUT2D eigenvalue weighted by Gasteiger charge is 2.34. The number of nitrogens with one attached hydrogen (secondary N) is 1. The zero-order valence-electron chi connectivity index (χ0n) is 16.7. The maximum atomic E-state index is 12.9. The zero-order chi connectivity index (χ0) is 23.5. The summed E-state index contributed by atoms with van der Waals surface area (Å²) < 4.78 is 38.8. The van der Waals surface area contributed by atoms with E-state index in [0.717, 1.165) is 12.1 Å². The lowest BCUT2D eigenvalue weighted by Crippen LogP contribution is -2.46. The molecule has 0 saturated carbocycles. The Labute approximate surface area is 180 Å². The van der Waals surface area contributed by atoms with E-state index in [1.807, 2.05) is 4.90 Å². The number of nitro groups is 2. The Hall–Kier alpha value is -3.61. The molecule has 1 saturated heterocycles. The third-order valence-electron chi connectivity index (χ3n) is 5.09. The molecule has 0 spiro atoms. The van der Waals surface area contributed by atoms with Crippen molar-refractivity contribution in [3.63, 3.8) is 0 Å². The molecule has 0 radical (unpaired) electrons. The van der Waals surface area contributed by atoms with Gasteiger partial charge in [0.25, 0.3) is 11.4 Å². The van der Waals surface area contributed by atoms with Gasteiger partial charge in [-0.2, -0.15) is 13.2 Å². The lowest BCUT2D eigenvalue weighted by atomic mass is 10.1. The van der Waals surface area contributed by atoms with Crippen molar-refractivity contribution in [3.05, 3.63) is 62.2 Å². The molecule has 0 atom stereocenters. The molecule has 2 aromatic rings. The van der Waals surface area contributed by atoms with Crippen molar-refractivity contribution in [2.45, 2.75) is 6.18 Å². The second kappa shape index (κ2) is 9.26. The number of rotatable bonds is 7. The third-order valence-corrected chi connectivity index (χ3v) is 5.09. The van der Waals surface area contributed by atoms with E-state index in [1.165, 1.54) is 6.07 Å². The molecule has 1 aliphatic heterocycles. The number of benzene rings is 2. The summed E-state index contributed by atoms with van der Waals surface area (Å²) in [5.74, 6) is 0. The molecule has 0 amide bonds. The Kier molecular flexibility index (Phi) is 6.67. The average Bonchev–Trinajstić information content (AvgIpc) is 2.76. The summed E-state index contributed by atoms with van der Waals surface area (Å²) in [5, 5.41) is 34.3. The first-order valence-electron chi connectivity index (χ1n) is 9.60. The van der Waals surface area contributed by atoms with Crippen LogP contribution in [0.1, 0.15) is 5.56 Å². The van der Waals surface area contributed by atoms with E-state index in [1.54, 1.807) is 17.0 Å². The van der Waals surface area contributed by atoms with Crippen LogP contribution in [-0.4, -0.2) is 54.3 Å². The second-order valence-electron chi connectivity index (χ2n) is 7.04. The molecular formula is C19H20F3N5O5. The Balaban J connectivity index is 1.78. The number of alkyl halides is 3. The van der Waals surface area contributed by atoms with Gasteiger partial charge < -0.3 is 20.2 Å². The molecule has 0 aliphatic carbocycles. The van der Waals surface area contributed by atoms with Crippen molar-refractivity contribution < 1.29 is 28.1 Å². The average molecular weight is 455 g/mol. The summed E-state index contributed by atoms with van der Waals surface area (Å²) in [6.07, 6.45) is -4.68. The minimum atomic E-state index is -4.68. The molecule has 0 aromatic heterocycles. The summed E-state index contributed by atoms with van der Waals surface area (Å²) in [6, 6.07) is 6.99. The summed E-state index contributed by atoms with van der Waals surface area (Å²) in [6.45, 7) is 1.34. The number of nitro benzene ring substituents is 2. The molecule has 1 fully saturated rings. The van der Waals surface area contributed by atoms with Crippen molar-refractivity contribution in [1.82, 2.24) is 0 Å². The molecule has 13 heteroatoms. The summed E-state index contributed by atoms with van der Waals surface area (Å²) in [5.41, 5.74) is -0.794. The smallest absolute Gasteiger partial charge is 0.395 e. The first-order valence-corrected chi connectivity index (χ1v) is 9.60. The molecule has 1 aliphatic rings. The van der Waals surface area contributed by atoms with Crippen LogP contribution in [0.25, 0.3) is 0 Å². The predicted octanol–water partition coefficient (Wildman–Crippen LogP) is 3.25. The van der Waals surface area contributed by atoms with Gasteiger partial charge in [-0.3, -0.25) is 20.2 Å². The van der Waals surface area contributed by atoms with Crippen LogP contribution in [0.4, 0.5) is 41.6 Å². The number of hydrogen-bond acceptors (Lipinski definition) is 8. The van der Waals surface area contributed by atoms with Crippen LogP contribution >= 0.6 is 0 Å². The van der Waals surface area contributed by atoms with E-state index in [0.29, 0.717) is 37.9 Å². The zero-order valence-corrected chi connectivity index (χ0v) is 16.7. The van der Waals surface area contributed by atoms with Gasteiger partial charge in [0.15, 0.2) is 0 Å². The first kappa shape index (κ1) is 23.1. The molecular weight excluding hydrogens is 435 g/mol. The largest absolute Gasteiger partial charge is 0.416 e. The lowest BCUT2D eigenvalue weighted by molar-refractivity contribution is -0.384. The predicted molar refractivity (Wildman–Crippen MR) is 111 cm³/mol. The fourth-order valence-electron chi connectivity index (χ4n) is 3.53. The molecule has 32 heavy (non-hydrogen) atoms. The highest BCUT2D eigenvalue weighted by molar-refractivity contribution is 5.70. The van der Waals surface area contributed by atoms with E-state index in [2.05, 4.69) is 5.32 Å². The minimum absolute atomic E-state index is 0.108. The molecule has 0 bridgehead atoms. The summed E-state index contributed by atoms with van der Waals surface area (Å²) in [7, 11) is 0. The van der Waals surface area contributed by atoms with Crippen LogP contribution in [0.15, 0.2) is 36.4 Å². The van der Waals surface area contributed by atoms with Gasteiger partial charge in [-0.25, -0.2) is 0 Å². The minimum Gasteiger partial charge on any atom is -0.395 e. The summed E-state index contributed by atoms with van der Waals surface area (Å²) in [4.78, 5) is 24.8. The summed E-state index contributed by atoms with van der Waals surface area (Å²) >= 11 is 0. The highest BCUT2D eigenvalue weighted by atomic mass is 19.4. The normalized spacial score (nSPS) is 14.4. The fraction of sp³-hybridized carbons (Fsp3) is 0.368. The van der Waals surface area contributed by atoms with E-state index < -0.39 is 27.3 Å². The van der Waals surface area contributed by atoms with Crippen molar-refractivity contribution in [2.75, 3.05) is 54.4 Å². The number of aliphatic hydroxyl groups excluding tert-OH is 1. The second-order valence-corrected chi connectivity index (χ2v) is 7.04. The lowest BCUT2D eigenvalue weighted by Gasteiger charge is -2.37. The molecule has 0 unspecified atom stereocenters. The van der Waals surface area contributed by atoms with Crippen molar-refractivity contribution in [1.29, 1.82) is 0 Å². The van der Waals surface area contributed by atoms with E-state index in [9.17, 15) is 33.4 Å². The monoisotopic (exact) mass is 455 g/mol. The third kappa shape index (κ3) is 4.99. The number of aliphatic hydroxyl groups is 1. The van der Waals surface area contributed by atoms with Gasteiger partial charge in [0, 0.05) is 50.5 Å². The topological polar surface area (TPSA) is 125 Å². The maximum Gasteiger partial charge on any atom is 0.416 e. The van der Waals surface area contributed by atoms with Gasteiger partial charge in [-0.1, -0.05) is 0 Å². The Morgan fingerprint density at radius 2 is 1.56 bits per heavy atom. The molecule has 1 heterocycles. The number of piperazine rings is 1. The molecule has 10 nitrogen and oxygen atoms in total. The Morgan fingerprint density at radius 3 is 2.12 bits per heavy atom. The number of anilines is 3. The van der Waals surface area contributed by atoms with Crippen LogP contribution in [0, 0.1) is 20.2 Å². The van der Waals surface area contributed by atoms with Crippen molar-refractivity contribution in [3.8, 4) is 0 Å². The molecule has 172 valence electrons.